The second-order valence-corrected chi connectivity index (χ2v) is 20.0. The van der Waals surface area contributed by atoms with Gasteiger partial charge in [0.2, 0.25) is 0 Å². The molecule has 2 aliphatic heterocycles. The van der Waals surface area contributed by atoms with Gasteiger partial charge in [-0.25, -0.2) is 0 Å². The molecule has 0 aromatic rings. The van der Waals surface area contributed by atoms with Crippen molar-refractivity contribution in [2.75, 3.05) is 18.6 Å². The molecule has 0 saturated carbocycles. The van der Waals surface area contributed by atoms with E-state index in [0.29, 0.717) is 0 Å². The first kappa shape index (κ1) is 42.8. The van der Waals surface area contributed by atoms with Crippen LogP contribution in [0.2, 0.25) is 18.1 Å². The van der Waals surface area contributed by atoms with Crippen LogP contribution in [0.5, 0.6) is 0 Å². The first-order valence-electron chi connectivity index (χ1n) is 15.7. The Balaban J connectivity index is 2.57. The fourth-order valence-electron chi connectivity index (χ4n) is 5.00. The second kappa shape index (κ2) is 18.2. The Morgan fingerprint density at radius 3 is 1.31 bits per heavy atom. The summed E-state index contributed by atoms with van der Waals surface area (Å²) in [5.74, 6) is -4.21. The molecule has 10 atom stereocenters. The summed E-state index contributed by atoms with van der Waals surface area (Å²) >= 11 is 2.26. The predicted octanol–water partition coefficient (Wildman–Crippen LogP) is 3.14. The SMILES string of the molecule is CS[C@H]1O[C@H](CS[C@H]2O[C@H](CO[Si](C)(C)C(C)(C)C)[C@@H](OC(C)=O)[C@H](OC(C)=O)[C@@H]2OC(C)=O)[C@@H](OC(C)=O)[C@H](OC(C)=O)[C@@H]1OC(C)=O. The highest BCUT2D eigenvalue weighted by atomic mass is 32.2. The molecule has 0 unspecified atom stereocenters. The van der Waals surface area contributed by atoms with Crippen LogP contribution in [0.3, 0.4) is 0 Å². The quantitative estimate of drug-likeness (QED) is 0.152. The van der Waals surface area contributed by atoms with Gasteiger partial charge in [0, 0.05) is 47.3 Å². The monoisotopic (exact) mass is 754 g/mol. The lowest BCUT2D eigenvalue weighted by Gasteiger charge is -2.47. The maximum absolute atomic E-state index is 12.4. The molecule has 0 N–H and O–H groups in total. The van der Waals surface area contributed by atoms with Crippen LogP contribution in [0.1, 0.15) is 62.3 Å². The summed E-state index contributed by atoms with van der Waals surface area (Å²) in [4.78, 5) is 73.5. The highest BCUT2D eigenvalue weighted by molar-refractivity contribution is 8.00. The highest BCUT2D eigenvalue weighted by Crippen LogP contribution is 2.40. The summed E-state index contributed by atoms with van der Waals surface area (Å²) in [6, 6.07) is 0. The molecule has 0 aromatic heterocycles. The number of esters is 6. The Labute approximate surface area is 296 Å². The Morgan fingerprint density at radius 2 is 0.918 bits per heavy atom. The van der Waals surface area contributed by atoms with Gasteiger partial charge in [-0.1, -0.05) is 20.8 Å². The molecule has 280 valence electrons. The molecule has 0 radical (unpaired) electrons. The number of hydrogen-bond donors (Lipinski definition) is 0. The molecule has 2 rings (SSSR count). The molecular formula is C31H50O15S2Si. The Hall–Kier alpha value is -2.38. The van der Waals surface area contributed by atoms with Crippen molar-refractivity contribution in [3.8, 4) is 0 Å². The maximum Gasteiger partial charge on any atom is 0.303 e. The second-order valence-electron chi connectivity index (χ2n) is 13.2. The van der Waals surface area contributed by atoms with E-state index in [1.807, 2.05) is 13.1 Å². The van der Waals surface area contributed by atoms with E-state index in [1.54, 1.807) is 6.26 Å². The largest absolute Gasteiger partial charge is 0.456 e. The lowest BCUT2D eigenvalue weighted by Crippen LogP contribution is -2.63. The standard InChI is InChI=1S/C31H50O15S2Si/c1-15(32)39-23-21(13-38-49(11,12)31(7,8)9)45-30(28(44-20(6)37)25(23)41-17(3)34)48-14-22-24(40-16(2)33)26(42-18(4)35)27(43-19(5)36)29(46-22)47-10/h21-30H,13-14H2,1-12H3/t21-,22-,23-,24-,25+,26+,27+,28+,29-,30-/m1/s1. The van der Waals surface area contributed by atoms with Gasteiger partial charge in [-0.3, -0.25) is 28.8 Å². The van der Waals surface area contributed by atoms with Crippen LogP contribution in [0.15, 0.2) is 0 Å². The van der Waals surface area contributed by atoms with Gasteiger partial charge in [0.25, 0.3) is 0 Å². The van der Waals surface area contributed by atoms with Gasteiger partial charge in [-0.15, -0.1) is 23.5 Å². The molecule has 18 heteroatoms. The van der Waals surface area contributed by atoms with E-state index < -0.39 is 104 Å². The average molecular weight is 755 g/mol. The molecule has 15 nitrogen and oxygen atoms in total. The maximum atomic E-state index is 12.4. The smallest absolute Gasteiger partial charge is 0.303 e. The van der Waals surface area contributed by atoms with Gasteiger partial charge in [0.1, 0.15) is 23.1 Å². The highest BCUT2D eigenvalue weighted by Gasteiger charge is 2.55. The van der Waals surface area contributed by atoms with Crippen LogP contribution in [-0.2, 0) is 71.1 Å². The number of carbonyl (C=O) groups excluding carboxylic acids is 6. The number of ether oxygens (including phenoxy) is 8. The molecule has 0 aromatic carbocycles. The van der Waals surface area contributed by atoms with Crippen LogP contribution < -0.4 is 0 Å². The minimum atomic E-state index is -2.37. The summed E-state index contributed by atoms with van der Waals surface area (Å²) in [7, 11) is -2.37. The summed E-state index contributed by atoms with van der Waals surface area (Å²) in [6.07, 6.45) is -7.57. The zero-order valence-electron chi connectivity index (χ0n) is 30.1. The lowest BCUT2D eigenvalue weighted by atomic mass is 9.99. The van der Waals surface area contributed by atoms with Crippen LogP contribution in [0.4, 0.5) is 0 Å². The molecule has 0 spiro atoms. The van der Waals surface area contributed by atoms with E-state index in [1.165, 1.54) is 53.3 Å². The van der Waals surface area contributed by atoms with E-state index >= 15 is 0 Å². The Bertz CT molecular complexity index is 1210. The molecule has 2 saturated heterocycles. The number of thioether (sulfide) groups is 2. The molecule has 0 bridgehead atoms. The van der Waals surface area contributed by atoms with Crippen molar-refractivity contribution in [3.05, 3.63) is 0 Å². The molecule has 0 amide bonds. The zero-order valence-corrected chi connectivity index (χ0v) is 32.8. The Kier molecular flexibility index (Phi) is 15.9. The molecule has 2 aliphatic rings. The predicted molar refractivity (Wildman–Crippen MR) is 180 cm³/mol. The molecular weight excluding hydrogens is 705 g/mol. The molecule has 2 heterocycles. The third-order valence-electron chi connectivity index (χ3n) is 8.07. The van der Waals surface area contributed by atoms with Crippen LogP contribution >= 0.6 is 23.5 Å². The number of carbonyl (C=O) groups is 6. The molecule has 2 fully saturated rings. The molecule has 0 aliphatic carbocycles. The fraction of sp³-hybridized carbons (Fsp3) is 0.806. The van der Waals surface area contributed by atoms with Gasteiger partial charge in [-0.2, -0.15) is 0 Å². The minimum Gasteiger partial charge on any atom is -0.456 e. The van der Waals surface area contributed by atoms with Crippen molar-refractivity contribution in [3.63, 3.8) is 0 Å². The zero-order chi connectivity index (χ0) is 37.4. The summed E-state index contributed by atoms with van der Waals surface area (Å²) in [6.45, 7) is 17.3. The first-order chi connectivity index (χ1) is 22.6. The van der Waals surface area contributed by atoms with Crippen molar-refractivity contribution < 1.29 is 71.1 Å². The van der Waals surface area contributed by atoms with Crippen LogP contribution in [-0.4, -0.2) is 122 Å². The Morgan fingerprint density at radius 1 is 0.571 bits per heavy atom. The normalized spacial score (nSPS) is 30.4. The van der Waals surface area contributed by atoms with Crippen molar-refractivity contribution >= 4 is 67.7 Å². The third kappa shape index (κ3) is 12.4. The summed E-state index contributed by atoms with van der Waals surface area (Å²) < 4.78 is 52.7. The van der Waals surface area contributed by atoms with E-state index in [0.717, 1.165) is 11.8 Å². The van der Waals surface area contributed by atoms with Crippen LogP contribution in [0.25, 0.3) is 0 Å². The lowest BCUT2D eigenvalue weighted by molar-refractivity contribution is -0.236. The average Bonchev–Trinajstić information content (AvgIpc) is 2.93. The molecule has 49 heavy (non-hydrogen) atoms. The van der Waals surface area contributed by atoms with Crippen molar-refractivity contribution in [1.29, 1.82) is 0 Å². The third-order valence-corrected chi connectivity index (χ3v) is 14.6. The fourth-order valence-corrected chi connectivity index (χ4v) is 8.01. The van der Waals surface area contributed by atoms with Gasteiger partial charge >= 0.3 is 35.8 Å². The van der Waals surface area contributed by atoms with Crippen molar-refractivity contribution in [2.24, 2.45) is 0 Å². The van der Waals surface area contributed by atoms with Crippen molar-refractivity contribution in [1.82, 2.24) is 0 Å². The summed E-state index contributed by atoms with van der Waals surface area (Å²) in [5.41, 5.74) is -1.89. The number of hydrogen-bond acceptors (Lipinski definition) is 17. The van der Waals surface area contributed by atoms with E-state index in [9.17, 15) is 28.8 Å². The van der Waals surface area contributed by atoms with Crippen LogP contribution in [0, 0.1) is 0 Å². The minimum absolute atomic E-state index is 0.0111. The van der Waals surface area contributed by atoms with Crippen molar-refractivity contribution in [2.45, 2.75) is 140 Å². The van der Waals surface area contributed by atoms with E-state index in [2.05, 4.69) is 20.8 Å². The first-order valence-corrected chi connectivity index (χ1v) is 20.9. The van der Waals surface area contributed by atoms with E-state index in [4.69, 9.17) is 42.3 Å². The summed E-state index contributed by atoms with van der Waals surface area (Å²) in [5, 5.41) is -0.178. The van der Waals surface area contributed by atoms with Gasteiger partial charge in [-0.05, 0) is 24.4 Å². The van der Waals surface area contributed by atoms with Gasteiger partial charge in [0.15, 0.2) is 44.9 Å². The topological polar surface area (TPSA) is 185 Å². The van der Waals surface area contributed by atoms with E-state index in [-0.39, 0.29) is 17.4 Å². The number of rotatable bonds is 13. The van der Waals surface area contributed by atoms with Gasteiger partial charge in [0.05, 0.1) is 6.61 Å². The van der Waals surface area contributed by atoms with Gasteiger partial charge < -0.3 is 42.3 Å².